The van der Waals surface area contributed by atoms with E-state index in [1.807, 2.05) is 0 Å². The van der Waals surface area contributed by atoms with Gasteiger partial charge in [0.15, 0.2) is 5.57 Å². The van der Waals surface area contributed by atoms with E-state index in [9.17, 15) is 13.6 Å². The van der Waals surface area contributed by atoms with E-state index in [-0.39, 0.29) is 17.9 Å². The standard InChI is InChI=1S/C12H10F2N2O2/c1-2-18-12(17)8(6-15)7-16-11-4-3-9(13)5-10(11)14/h3-5,7,16H,2H2,1H3/b8-7+. The van der Waals surface area contributed by atoms with E-state index in [2.05, 4.69) is 10.1 Å². The maximum atomic E-state index is 13.2. The number of nitrogens with one attached hydrogen (secondary N) is 1. The summed E-state index contributed by atoms with van der Waals surface area (Å²) in [6.45, 7) is 1.72. The second kappa shape index (κ2) is 6.35. The van der Waals surface area contributed by atoms with Crippen molar-refractivity contribution in [2.75, 3.05) is 11.9 Å². The second-order valence-corrected chi connectivity index (χ2v) is 3.16. The highest BCUT2D eigenvalue weighted by atomic mass is 19.1. The van der Waals surface area contributed by atoms with Crippen LogP contribution in [0.2, 0.25) is 0 Å². The van der Waals surface area contributed by atoms with Crippen LogP contribution in [0.4, 0.5) is 14.5 Å². The summed E-state index contributed by atoms with van der Waals surface area (Å²) >= 11 is 0. The van der Waals surface area contributed by atoms with Gasteiger partial charge in [0, 0.05) is 12.3 Å². The first-order valence-corrected chi connectivity index (χ1v) is 5.07. The Morgan fingerprint density at radius 1 is 1.56 bits per heavy atom. The minimum absolute atomic E-state index is 0.0477. The average molecular weight is 252 g/mol. The Kier molecular flexibility index (Phi) is 4.81. The van der Waals surface area contributed by atoms with Gasteiger partial charge in [0.2, 0.25) is 0 Å². The molecule has 0 radical (unpaired) electrons. The fourth-order valence-corrected chi connectivity index (χ4v) is 1.10. The molecule has 0 saturated carbocycles. The molecular weight excluding hydrogens is 242 g/mol. The lowest BCUT2D eigenvalue weighted by molar-refractivity contribution is -0.138. The van der Waals surface area contributed by atoms with Crippen LogP contribution in [0, 0.1) is 23.0 Å². The minimum atomic E-state index is -0.826. The van der Waals surface area contributed by atoms with Crippen LogP contribution in [0.25, 0.3) is 0 Å². The molecule has 1 aromatic carbocycles. The van der Waals surface area contributed by atoms with Crippen LogP contribution >= 0.6 is 0 Å². The first-order chi connectivity index (χ1) is 8.58. The van der Waals surface area contributed by atoms with Gasteiger partial charge in [-0.1, -0.05) is 0 Å². The number of anilines is 1. The lowest BCUT2D eigenvalue weighted by Gasteiger charge is -2.04. The van der Waals surface area contributed by atoms with Crippen molar-refractivity contribution in [2.24, 2.45) is 0 Å². The molecule has 4 nitrogen and oxygen atoms in total. The topological polar surface area (TPSA) is 62.1 Å². The summed E-state index contributed by atoms with van der Waals surface area (Å²) in [6, 6.07) is 4.51. The molecule has 1 rings (SSSR count). The molecule has 0 saturated heterocycles. The van der Waals surface area contributed by atoms with Gasteiger partial charge in [-0.15, -0.1) is 0 Å². The number of hydrogen-bond acceptors (Lipinski definition) is 4. The zero-order valence-electron chi connectivity index (χ0n) is 9.54. The number of nitriles is 1. The molecule has 1 N–H and O–H groups in total. The first kappa shape index (κ1) is 13.6. The Balaban J connectivity index is 2.84. The number of hydrogen-bond donors (Lipinski definition) is 1. The van der Waals surface area contributed by atoms with Crippen molar-refractivity contribution in [3.05, 3.63) is 41.6 Å². The minimum Gasteiger partial charge on any atom is -0.462 e. The number of nitrogens with zero attached hydrogens (tertiary/aromatic N) is 1. The fraction of sp³-hybridized carbons (Fsp3) is 0.167. The summed E-state index contributed by atoms with van der Waals surface area (Å²) in [5.41, 5.74) is -0.353. The molecule has 0 aromatic heterocycles. The molecule has 0 heterocycles. The highest BCUT2D eigenvalue weighted by Crippen LogP contribution is 2.15. The predicted molar refractivity (Wildman–Crippen MR) is 60.3 cm³/mol. The SMILES string of the molecule is CCOC(=O)/C(C#N)=C/Nc1ccc(F)cc1F. The zero-order chi connectivity index (χ0) is 13.5. The predicted octanol–water partition coefficient (Wildman–Crippen LogP) is 2.35. The number of esters is 1. The highest BCUT2D eigenvalue weighted by molar-refractivity contribution is 5.93. The van der Waals surface area contributed by atoms with E-state index < -0.39 is 17.6 Å². The molecular formula is C12H10F2N2O2. The molecule has 0 fully saturated rings. The van der Waals surface area contributed by atoms with Gasteiger partial charge in [-0.3, -0.25) is 0 Å². The largest absolute Gasteiger partial charge is 0.462 e. The van der Waals surface area contributed by atoms with E-state index in [1.165, 1.54) is 0 Å². The van der Waals surface area contributed by atoms with Crippen molar-refractivity contribution < 1.29 is 18.3 Å². The molecule has 1 aromatic rings. The third-order valence-electron chi connectivity index (χ3n) is 1.92. The Morgan fingerprint density at radius 3 is 2.83 bits per heavy atom. The van der Waals surface area contributed by atoms with Crippen molar-refractivity contribution in [1.29, 1.82) is 5.26 Å². The number of ether oxygens (including phenoxy) is 1. The lowest BCUT2D eigenvalue weighted by atomic mass is 10.3. The maximum Gasteiger partial charge on any atom is 0.350 e. The van der Waals surface area contributed by atoms with Gasteiger partial charge in [0.25, 0.3) is 0 Å². The first-order valence-electron chi connectivity index (χ1n) is 5.07. The molecule has 0 atom stereocenters. The molecule has 0 aliphatic carbocycles. The zero-order valence-corrected chi connectivity index (χ0v) is 9.54. The Hall–Kier alpha value is -2.42. The number of rotatable bonds is 4. The summed E-state index contributed by atoms with van der Waals surface area (Å²) < 4.78 is 30.5. The van der Waals surface area contributed by atoms with Crippen LogP contribution < -0.4 is 5.32 Å². The van der Waals surface area contributed by atoms with Gasteiger partial charge >= 0.3 is 5.97 Å². The van der Waals surface area contributed by atoms with Crippen molar-refractivity contribution in [2.45, 2.75) is 6.92 Å². The molecule has 94 valence electrons. The molecule has 0 aliphatic heterocycles. The molecule has 0 bridgehead atoms. The molecule has 0 unspecified atom stereocenters. The Morgan fingerprint density at radius 2 is 2.28 bits per heavy atom. The van der Waals surface area contributed by atoms with E-state index in [4.69, 9.17) is 5.26 Å². The van der Waals surface area contributed by atoms with Crippen LogP contribution in [-0.4, -0.2) is 12.6 Å². The van der Waals surface area contributed by atoms with E-state index in [1.54, 1.807) is 13.0 Å². The van der Waals surface area contributed by atoms with E-state index in [0.29, 0.717) is 6.07 Å². The third kappa shape index (κ3) is 3.56. The summed E-state index contributed by atoms with van der Waals surface area (Å²) in [5, 5.41) is 11.1. The number of carbonyl (C=O) groups is 1. The monoisotopic (exact) mass is 252 g/mol. The highest BCUT2D eigenvalue weighted by Gasteiger charge is 2.10. The Labute approximate surface area is 102 Å². The third-order valence-corrected chi connectivity index (χ3v) is 1.92. The van der Waals surface area contributed by atoms with Crippen molar-refractivity contribution in [1.82, 2.24) is 0 Å². The van der Waals surface area contributed by atoms with Gasteiger partial charge in [0.1, 0.15) is 17.7 Å². The van der Waals surface area contributed by atoms with E-state index in [0.717, 1.165) is 18.3 Å². The molecule has 0 amide bonds. The molecule has 0 aliphatic rings. The fourth-order valence-electron chi connectivity index (χ4n) is 1.10. The van der Waals surface area contributed by atoms with Crippen LogP contribution in [0.1, 0.15) is 6.92 Å². The smallest absolute Gasteiger partial charge is 0.350 e. The molecule has 0 spiro atoms. The molecule has 6 heteroatoms. The van der Waals surface area contributed by atoms with Gasteiger partial charge in [-0.05, 0) is 19.1 Å². The summed E-state index contributed by atoms with van der Waals surface area (Å²) in [5.74, 6) is -2.35. The van der Waals surface area contributed by atoms with Gasteiger partial charge in [-0.2, -0.15) is 5.26 Å². The molecule has 18 heavy (non-hydrogen) atoms. The summed E-state index contributed by atoms with van der Waals surface area (Å²) in [6.07, 6.45) is 1.01. The van der Waals surface area contributed by atoms with Gasteiger partial charge < -0.3 is 10.1 Å². The lowest BCUT2D eigenvalue weighted by Crippen LogP contribution is -2.08. The van der Waals surface area contributed by atoms with Crippen LogP contribution in [0.3, 0.4) is 0 Å². The van der Waals surface area contributed by atoms with Crippen molar-refractivity contribution in [3.8, 4) is 6.07 Å². The van der Waals surface area contributed by atoms with Crippen LogP contribution in [0.5, 0.6) is 0 Å². The summed E-state index contributed by atoms with van der Waals surface area (Å²) in [4.78, 5) is 11.2. The van der Waals surface area contributed by atoms with Gasteiger partial charge in [0.05, 0.1) is 12.3 Å². The van der Waals surface area contributed by atoms with Crippen LogP contribution in [-0.2, 0) is 9.53 Å². The normalized spacial score (nSPS) is 10.7. The summed E-state index contributed by atoms with van der Waals surface area (Å²) in [7, 11) is 0. The Bertz CT molecular complexity index is 521. The average Bonchev–Trinajstić information content (AvgIpc) is 2.32. The number of halogens is 2. The quantitative estimate of drug-likeness (QED) is 0.507. The van der Waals surface area contributed by atoms with Crippen molar-refractivity contribution >= 4 is 11.7 Å². The van der Waals surface area contributed by atoms with Crippen LogP contribution in [0.15, 0.2) is 30.0 Å². The number of carbonyl (C=O) groups excluding carboxylic acids is 1. The van der Waals surface area contributed by atoms with E-state index >= 15 is 0 Å². The second-order valence-electron chi connectivity index (χ2n) is 3.16. The van der Waals surface area contributed by atoms with Crippen molar-refractivity contribution in [3.63, 3.8) is 0 Å². The van der Waals surface area contributed by atoms with Gasteiger partial charge in [-0.25, -0.2) is 13.6 Å². The number of benzene rings is 1. The maximum absolute atomic E-state index is 13.2.